The Morgan fingerprint density at radius 2 is 1.81 bits per heavy atom. The van der Waals surface area contributed by atoms with Crippen LogP contribution < -0.4 is 4.31 Å². The standard InChI is InChI=1S/C20H20N2O2S2/c1-13-4-6-15(7-5-13)20-21-18(12-25-20)16-8-9-19-17(11-16)10-14(2)22(19)26(3,23)24/h4-9,11-12,14H,10H2,1-3H3/t14-/m0/s1. The Morgan fingerprint density at radius 1 is 1.12 bits per heavy atom. The van der Waals surface area contributed by atoms with Gasteiger partial charge in [-0.25, -0.2) is 13.4 Å². The lowest BCUT2D eigenvalue weighted by Crippen LogP contribution is -2.34. The molecule has 0 unspecified atom stereocenters. The smallest absolute Gasteiger partial charge is 0.232 e. The summed E-state index contributed by atoms with van der Waals surface area (Å²) in [7, 11) is -3.26. The normalized spacial score (nSPS) is 16.7. The van der Waals surface area contributed by atoms with E-state index in [1.165, 1.54) is 16.1 Å². The van der Waals surface area contributed by atoms with Crippen molar-refractivity contribution < 1.29 is 8.42 Å². The Labute approximate surface area is 158 Å². The van der Waals surface area contributed by atoms with Gasteiger partial charge in [0.15, 0.2) is 0 Å². The van der Waals surface area contributed by atoms with E-state index in [2.05, 4.69) is 42.6 Å². The zero-order chi connectivity index (χ0) is 18.5. The van der Waals surface area contributed by atoms with E-state index in [0.717, 1.165) is 39.5 Å². The molecule has 0 N–H and O–H groups in total. The molecular formula is C20H20N2O2S2. The van der Waals surface area contributed by atoms with Crippen molar-refractivity contribution in [2.75, 3.05) is 10.6 Å². The third kappa shape index (κ3) is 3.04. The summed E-state index contributed by atoms with van der Waals surface area (Å²) in [6.07, 6.45) is 1.99. The molecule has 0 bridgehead atoms. The molecule has 134 valence electrons. The second-order valence-corrected chi connectivity index (χ2v) is 9.58. The number of thiazole rings is 1. The van der Waals surface area contributed by atoms with Crippen molar-refractivity contribution in [3.05, 3.63) is 59.0 Å². The molecule has 0 saturated heterocycles. The van der Waals surface area contributed by atoms with Crippen molar-refractivity contribution >= 4 is 27.0 Å². The third-order valence-corrected chi connectivity index (χ3v) is 6.85. The Balaban J connectivity index is 1.69. The number of nitrogens with zero attached hydrogens (tertiary/aromatic N) is 2. The van der Waals surface area contributed by atoms with E-state index >= 15 is 0 Å². The molecule has 0 radical (unpaired) electrons. The monoisotopic (exact) mass is 384 g/mol. The maximum absolute atomic E-state index is 12.1. The van der Waals surface area contributed by atoms with Crippen LogP contribution in [0.1, 0.15) is 18.1 Å². The van der Waals surface area contributed by atoms with Crippen molar-refractivity contribution in [2.24, 2.45) is 0 Å². The quantitative estimate of drug-likeness (QED) is 0.668. The predicted octanol–water partition coefficient (Wildman–Crippen LogP) is 4.50. The summed E-state index contributed by atoms with van der Waals surface area (Å²) in [4.78, 5) is 4.78. The molecule has 1 atom stereocenters. The summed E-state index contributed by atoms with van der Waals surface area (Å²) < 4.78 is 25.6. The highest BCUT2D eigenvalue weighted by Crippen LogP contribution is 2.37. The van der Waals surface area contributed by atoms with Gasteiger partial charge in [-0.2, -0.15) is 0 Å². The highest BCUT2D eigenvalue weighted by molar-refractivity contribution is 7.92. The summed E-state index contributed by atoms with van der Waals surface area (Å²) in [5, 5.41) is 3.05. The van der Waals surface area contributed by atoms with Crippen molar-refractivity contribution in [3.63, 3.8) is 0 Å². The molecule has 0 amide bonds. The van der Waals surface area contributed by atoms with Gasteiger partial charge in [-0.05, 0) is 38.0 Å². The first-order chi connectivity index (χ1) is 12.3. The highest BCUT2D eigenvalue weighted by atomic mass is 32.2. The molecule has 0 saturated carbocycles. The minimum atomic E-state index is -3.26. The van der Waals surface area contributed by atoms with Crippen molar-refractivity contribution in [3.8, 4) is 21.8 Å². The van der Waals surface area contributed by atoms with E-state index in [4.69, 9.17) is 4.98 Å². The Kier molecular flexibility index (Phi) is 4.12. The van der Waals surface area contributed by atoms with Crippen molar-refractivity contribution in [1.29, 1.82) is 0 Å². The van der Waals surface area contributed by atoms with E-state index in [9.17, 15) is 8.42 Å². The number of benzene rings is 2. The van der Waals surface area contributed by atoms with Crippen LogP contribution in [0.4, 0.5) is 5.69 Å². The first kappa shape index (κ1) is 17.2. The van der Waals surface area contributed by atoms with Crippen LogP contribution in [0, 0.1) is 6.92 Å². The molecule has 2 heterocycles. The van der Waals surface area contributed by atoms with Gasteiger partial charge in [0.05, 0.1) is 17.6 Å². The zero-order valence-corrected chi connectivity index (χ0v) is 16.6. The van der Waals surface area contributed by atoms with Crippen LogP contribution in [-0.2, 0) is 16.4 Å². The SMILES string of the molecule is Cc1ccc(-c2nc(-c3ccc4c(c3)C[C@H](C)N4S(C)(=O)=O)cs2)cc1. The Hall–Kier alpha value is -2.18. The van der Waals surface area contributed by atoms with E-state index in [0.29, 0.717) is 0 Å². The van der Waals surface area contributed by atoms with Crippen LogP contribution in [0.25, 0.3) is 21.8 Å². The first-order valence-corrected chi connectivity index (χ1v) is 11.2. The summed E-state index contributed by atoms with van der Waals surface area (Å²) >= 11 is 1.62. The molecule has 6 heteroatoms. The fraction of sp³-hybridized carbons (Fsp3) is 0.250. The molecule has 4 rings (SSSR count). The maximum Gasteiger partial charge on any atom is 0.232 e. The lowest BCUT2D eigenvalue weighted by atomic mass is 10.1. The van der Waals surface area contributed by atoms with Gasteiger partial charge < -0.3 is 0 Å². The molecule has 4 nitrogen and oxygen atoms in total. The molecule has 1 aromatic heterocycles. The molecule has 0 fully saturated rings. The van der Waals surface area contributed by atoms with Gasteiger partial charge in [-0.1, -0.05) is 35.9 Å². The summed E-state index contributed by atoms with van der Waals surface area (Å²) in [6.45, 7) is 4.02. The van der Waals surface area contributed by atoms with E-state index in [1.807, 2.05) is 19.1 Å². The molecule has 3 aromatic rings. The summed E-state index contributed by atoms with van der Waals surface area (Å²) in [5.74, 6) is 0. The number of fused-ring (bicyclic) bond motifs is 1. The van der Waals surface area contributed by atoms with E-state index in [1.54, 1.807) is 11.3 Å². The van der Waals surface area contributed by atoms with E-state index < -0.39 is 10.0 Å². The second-order valence-electron chi connectivity index (χ2n) is 6.86. The van der Waals surface area contributed by atoms with Crippen LogP contribution in [-0.4, -0.2) is 25.7 Å². The minimum absolute atomic E-state index is 0.0474. The first-order valence-electron chi connectivity index (χ1n) is 8.48. The summed E-state index contributed by atoms with van der Waals surface area (Å²) in [5.41, 5.74) is 6.15. The van der Waals surface area contributed by atoms with Crippen LogP contribution in [0.3, 0.4) is 0 Å². The van der Waals surface area contributed by atoms with Gasteiger partial charge in [0.2, 0.25) is 10.0 Å². The number of hydrogen-bond donors (Lipinski definition) is 0. The molecule has 1 aliphatic heterocycles. The molecule has 0 spiro atoms. The summed E-state index contributed by atoms with van der Waals surface area (Å²) in [6, 6.07) is 14.3. The molecule has 1 aliphatic rings. The average molecular weight is 385 g/mol. The topological polar surface area (TPSA) is 50.3 Å². The van der Waals surface area contributed by atoms with Gasteiger partial charge in [0, 0.05) is 22.5 Å². The van der Waals surface area contributed by atoms with Crippen molar-refractivity contribution in [1.82, 2.24) is 4.98 Å². The number of rotatable bonds is 3. The lowest BCUT2D eigenvalue weighted by molar-refractivity contribution is 0.590. The number of anilines is 1. The van der Waals surface area contributed by atoms with Crippen LogP contribution in [0.15, 0.2) is 47.8 Å². The molecule has 0 aliphatic carbocycles. The van der Waals surface area contributed by atoms with Gasteiger partial charge >= 0.3 is 0 Å². The predicted molar refractivity (Wildman–Crippen MR) is 108 cm³/mol. The van der Waals surface area contributed by atoms with Gasteiger partial charge in [0.25, 0.3) is 0 Å². The molecule has 26 heavy (non-hydrogen) atoms. The minimum Gasteiger partial charge on any atom is -0.267 e. The van der Waals surface area contributed by atoms with Gasteiger partial charge in [-0.3, -0.25) is 4.31 Å². The lowest BCUT2D eigenvalue weighted by Gasteiger charge is -2.21. The Bertz CT molecular complexity index is 1070. The molecule has 2 aromatic carbocycles. The fourth-order valence-electron chi connectivity index (χ4n) is 3.50. The van der Waals surface area contributed by atoms with Crippen LogP contribution >= 0.6 is 11.3 Å². The number of aryl methyl sites for hydroxylation is 1. The van der Waals surface area contributed by atoms with E-state index in [-0.39, 0.29) is 6.04 Å². The number of aromatic nitrogens is 1. The Morgan fingerprint density at radius 3 is 2.50 bits per heavy atom. The van der Waals surface area contributed by atoms with Gasteiger partial charge in [0.1, 0.15) is 5.01 Å². The fourth-order valence-corrected chi connectivity index (χ4v) is 5.60. The zero-order valence-electron chi connectivity index (χ0n) is 14.9. The molecular weight excluding hydrogens is 364 g/mol. The second kappa shape index (κ2) is 6.21. The third-order valence-electron chi connectivity index (χ3n) is 4.69. The van der Waals surface area contributed by atoms with Crippen LogP contribution in [0.2, 0.25) is 0 Å². The largest absolute Gasteiger partial charge is 0.267 e. The maximum atomic E-state index is 12.1. The van der Waals surface area contributed by atoms with Crippen LogP contribution in [0.5, 0.6) is 0 Å². The highest BCUT2D eigenvalue weighted by Gasteiger charge is 2.32. The van der Waals surface area contributed by atoms with Crippen molar-refractivity contribution in [2.45, 2.75) is 26.3 Å². The van der Waals surface area contributed by atoms with Gasteiger partial charge in [-0.15, -0.1) is 11.3 Å². The average Bonchev–Trinajstić information content (AvgIpc) is 3.17. The number of sulfonamides is 1. The number of hydrogen-bond acceptors (Lipinski definition) is 4.